The lowest BCUT2D eigenvalue weighted by molar-refractivity contribution is -0.132. The van der Waals surface area contributed by atoms with Crippen LogP contribution in [0.5, 0.6) is 5.75 Å². The number of ether oxygens (including phenoxy) is 1. The normalized spacial score (nSPS) is 15.8. The van der Waals surface area contributed by atoms with E-state index in [9.17, 15) is 17.6 Å². The number of nitrogens with one attached hydrogen (secondary N) is 1. The highest BCUT2D eigenvalue weighted by Crippen LogP contribution is 2.21. The van der Waals surface area contributed by atoms with Crippen LogP contribution >= 0.6 is 0 Å². The predicted molar refractivity (Wildman–Crippen MR) is 108 cm³/mol. The molecule has 3 rings (SSSR count). The van der Waals surface area contributed by atoms with Gasteiger partial charge in [-0.25, -0.2) is 12.8 Å². The first-order valence-corrected chi connectivity index (χ1v) is 10.7. The molecule has 29 heavy (non-hydrogen) atoms. The van der Waals surface area contributed by atoms with Gasteiger partial charge < -0.3 is 14.5 Å². The third-order valence-corrected chi connectivity index (χ3v) is 6.43. The summed E-state index contributed by atoms with van der Waals surface area (Å²) in [6.07, 6.45) is 0. The first-order chi connectivity index (χ1) is 13.8. The highest BCUT2D eigenvalue weighted by atomic mass is 32.2. The largest absolute Gasteiger partial charge is 0.497 e. The highest BCUT2D eigenvalue weighted by Gasteiger charge is 2.29. The summed E-state index contributed by atoms with van der Waals surface area (Å²) < 4.78 is 46.1. The van der Waals surface area contributed by atoms with Crippen LogP contribution in [0, 0.1) is 5.82 Å². The van der Waals surface area contributed by atoms with Crippen LogP contribution in [0.25, 0.3) is 0 Å². The molecule has 1 fully saturated rings. The van der Waals surface area contributed by atoms with E-state index in [2.05, 4.69) is 9.62 Å². The zero-order chi connectivity index (χ0) is 21.0. The molecular formula is C20H24FN3O4S. The Bertz CT molecular complexity index is 958. The number of methoxy groups -OCH3 is 1. The molecule has 2 aromatic rings. The minimum absolute atomic E-state index is 0.334. The number of nitrogens with zero attached hydrogens (tertiary/aromatic N) is 2. The Morgan fingerprint density at radius 3 is 2.28 bits per heavy atom. The fraction of sp³-hybridized carbons (Fsp3) is 0.350. The van der Waals surface area contributed by atoms with Crippen molar-refractivity contribution in [1.29, 1.82) is 0 Å². The molecule has 0 unspecified atom stereocenters. The van der Waals surface area contributed by atoms with Gasteiger partial charge in [0.05, 0.1) is 13.2 Å². The zero-order valence-corrected chi connectivity index (χ0v) is 17.2. The minimum atomic E-state index is -4.13. The molecule has 0 spiro atoms. The van der Waals surface area contributed by atoms with Gasteiger partial charge in [-0.1, -0.05) is 12.1 Å². The molecule has 1 N–H and O–H groups in total. The van der Waals surface area contributed by atoms with Crippen LogP contribution in [0.15, 0.2) is 53.4 Å². The summed E-state index contributed by atoms with van der Waals surface area (Å²) in [4.78, 5) is 16.0. The number of halogens is 1. The number of sulfonamides is 1. The van der Waals surface area contributed by atoms with Crippen molar-refractivity contribution in [2.75, 3.05) is 38.2 Å². The molecule has 0 bridgehead atoms. The summed E-state index contributed by atoms with van der Waals surface area (Å²) >= 11 is 0. The van der Waals surface area contributed by atoms with Crippen molar-refractivity contribution in [3.63, 3.8) is 0 Å². The van der Waals surface area contributed by atoms with E-state index in [0.29, 0.717) is 26.2 Å². The summed E-state index contributed by atoms with van der Waals surface area (Å²) in [5.41, 5.74) is 1.03. The number of carbonyl (C=O) groups excluding carboxylic acids is 1. The van der Waals surface area contributed by atoms with E-state index in [4.69, 9.17) is 4.74 Å². The van der Waals surface area contributed by atoms with Crippen molar-refractivity contribution in [1.82, 2.24) is 9.62 Å². The molecule has 0 aromatic heterocycles. The molecule has 1 aliphatic rings. The molecule has 9 heteroatoms. The van der Waals surface area contributed by atoms with Gasteiger partial charge in [-0.15, -0.1) is 0 Å². The summed E-state index contributed by atoms with van der Waals surface area (Å²) in [5, 5.41) is 0. The van der Waals surface area contributed by atoms with Gasteiger partial charge in [0, 0.05) is 31.9 Å². The topological polar surface area (TPSA) is 79.0 Å². The molecule has 0 saturated carbocycles. The highest BCUT2D eigenvalue weighted by molar-refractivity contribution is 7.89. The maximum Gasteiger partial charge on any atom is 0.244 e. The van der Waals surface area contributed by atoms with Crippen LogP contribution < -0.4 is 14.4 Å². The minimum Gasteiger partial charge on any atom is -0.497 e. The molecule has 0 radical (unpaired) electrons. The number of hydrogen-bond donors (Lipinski definition) is 1. The van der Waals surface area contributed by atoms with Crippen LogP contribution in [0.1, 0.15) is 6.92 Å². The lowest BCUT2D eigenvalue weighted by atomic mass is 10.2. The summed E-state index contributed by atoms with van der Waals surface area (Å²) in [6.45, 7) is 3.67. The lowest BCUT2D eigenvalue weighted by Gasteiger charge is -2.37. The SMILES string of the molecule is COc1ccc(N2CCN(C(=O)[C@@H](C)NS(=O)(=O)c3ccccc3F)CC2)cc1. The molecule has 1 atom stereocenters. The summed E-state index contributed by atoms with van der Waals surface area (Å²) in [7, 11) is -2.52. The van der Waals surface area contributed by atoms with Crippen LogP contribution in [-0.4, -0.2) is 58.6 Å². The fourth-order valence-electron chi connectivity index (χ4n) is 3.26. The Morgan fingerprint density at radius 2 is 1.69 bits per heavy atom. The summed E-state index contributed by atoms with van der Waals surface area (Å²) in [5.74, 6) is -0.412. The maximum absolute atomic E-state index is 13.8. The second-order valence-corrected chi connectivity index (χ2v) is 8.47. The average Bonchev–Trinajstić information content (AvgIpc) is 2.73. The van der Waals surface area contributed by atoms with E-state index >= 15 is 0 Å². The first kappa shape index (κ1) is 21.1. The summed E-state index contributed by atoms with van der Waals surface area (Å²) in [6, 6.07) is 11.8. The first-order valence-electron chi connectivity index (χ1n) is 9.26. The van der Waals surface area contributed by atoms with Crippen LogP contribution in [-0.2, 0) is 14.8 Å². The van der Waals surface area contributed by atoms with E-state index in [-0.39, 0.29) is 5.91 Å². The Labute approximate surface area is 170 Å². The quantitative estimate of drug-likeness (QED) is 0.770. The van der Waals surface area contributed by atoms with Crippen LogP contribution in [0.4, 0.5) is 10.1 Å². The van der Waals surface area contributed by atoms with Crippen molar-refractivity contribution < 1.29 is 22.3 Å². The van der Waals surface area contributed by atoms with E-state index in [0.717, 1.165) is 17.5 Å². The molecule has 7 nitrogen and oxygen atoms in total. The molecule has 156 valence electrons. The van der Waals surface area contributed by atoms with Crippen LogP contribution in [0.3, 0.4) is 0 Å². The Hall–Kier alpha value is -2.65. The monoisotopic (exact) mass is 421 g/mol. The van der Waals surface area contributed by atoms with Gasteiger partial charge in [-0.05, 0) is 43.3 Å². The zero-order valence-electron chi connectivity index (χ0n) is 16.3. The smallest absolute Gasteiger partial charge is 0.244 e. The van der Waals surface area contributed by atoms with Crippen LogP contribution in [0.2, 0.25) is 0 Å². The molecule has 1 heterocycles. The third-order valence-electron chi connectivity index (χ3n) is 4.86. The van der Waals surface area contributed by atoms with Gasteiger partial charge in [0.1, 0.15) is 16.5 Å². The Balaban J connectivity index is 1.59. The standard InChI is InChI=1S/C20H24FN3O4S/c1-15(22-29(26,27)19-6-4-3-5-18(19)21)20(25)24-13-11-23(12-14-24)16-7-9-17(28-2)10-8-16/h3-10,15,22H,11-14H2,1-2H3/t15-/m1/s1. The van der Waals surface area contributed by atoms with Crippen molar-refractivity contribution in [2.45, 2.75) is 17.9 Å². The number of amides is 1. The van der Waals surface area contributed by atoms with Gasteiger partial charge in [0.2, 0.25) is 15.9 Å². The number of carbonyl (C=O) groups is 1. The Morgan fingerprint density at radius 1 is 1.07 bits per heavy atom. The van der Waals surface area contributed by atoms with E-state index in [1.54, 1.807) is 12.0 Å². The van der Waals surface area contributed by atoms with E-state index in [1.807, 2.05) is 24.3 Å². The molecule has 1 aliphatic heterocycles. The lowest BCUT2D eigenvalue weighted by Crippen LogP contribution is -2.54. The number of rotatable bonds is 6. The van der Waals surface area contributed by atoms with E-state index < -0.39 is 26.8 Å². The van der Waals surface area contributed by atoms with Crippen molar-refractivity contribution in [3.8, 4) is 5.75 Å². The predicted octanol–water partition coefficient (Wildman–Crippen LogP) is 1.85. The third kappa shape index (κ3) is 4.86. The molecular weight excluding hydrogens is 397 g/mol. The second kappa shape index (κ2) is 8.79. The van der Waals surface area contributed by atoms with Crippen molar-refractivity contribution >= 4 is 21.6 Å². The van der Waals surface area contributed by atoms with Gasteiger partial charge in [-0.3, -0.25) is 4.79 Å². The number of hydrogen-bond acceptors (Lipinski definition) is 5. The number of benzene rings is 2. The van der Waals surface area contributed by atoms with Crippen molar-refractivity contribution in [3.05, 3.63) is 54.3 Å². The van der Waals surface area contributed by atoms with Gasteiger partial charge in [0.15, 0.2) is 0 Å². The second-order valence-electron chi connectivity index (χ2n) is 6.78. The molecule has 0 aliphatic carbocycles. The van der Waals surface area contributed by atoms with Gasteiger partial charge in [0.25, 0.3) is 0 Å². The van der Waals surface area contributed by atoms with Gasteiger partial charge >= 0.3 is 0 Å². The molecule has 1 amide bonds. The van der Waals surface area contributed by atoms with Crippen molar-refractivity contribution in [2.24, 2.45) is 0 Å². The van der Waals surface area contributed by atoms with Gasteiger partial charge in [-0.2, -0.15) is 4.72 Å². The molecule has 1 saturated heterocycles. The van der Waals surface area contributed by atoms with E-state index in [1.165, 1.54) is 25.1 Å². The average molecular weight is 421 g/mol. The molecule has 2 aromatic carbocycles. The Kier molecular flexibility index (Phi) is 6.39. The number of piperazine rings is 1. The fourth-order valence-corrected chi connectivity index (χ4v) is 4.54. The maximum atomic E-state index is 13.8. The number of anilines is 1.